The van der Waals surface area contributed by atoms with Gasteiger partial charge in [0, 0.05) is 13.0 Å². The first-order valence-electron chi connectivity index (χ1n) is 8.76. The molecule has 1 rings (SSSR count). The van der Waals surface area contributed by atoms with Gasteiger partial charge in [-0.1, -0.05) is 0 Å². The monoisotopic (exact) mass is 439 g/mol. The van der Waals surface area contributed by atoms with E-state index in [4.69, 9.17) is 9.47 Å². The van der Waals surface area contributed by atoms with Gasteiger partial charge in [0.2, 0.25) is 0 Å². The van der Waals surface area contributed by atoms with Crippen LogP contribution in [0.25, 0.3) is 0 Å². The molecule has 0 saturated carbocycles. The van der Waals surface area contributed by atoms with Crippen LogP contribution in [0.5, 0.6) is 0 Å². The van der Waals surface area contributed by atoms with Gasteiger partial charge in [-0.25, -0.2) is 13.2 Å². The fourth-order valence-electron chi connectivity index (χ4n) is 2.53. The average molecular weight is 439 g/mol. The molecule has 0 N–H and O–H groups in total. The molecule has 6 nitrogen and oxygen atoms in total. The summed E-state index contributed by atoms with van der Waals surface area (Å²) in [5.74, 6) is -6.18. The van der Waals surface area contributed by atoms with Crippen molar-refractivity contribution < 1.29 is 44.6 Å². The van der Waals surface area contributed by atoms with Crippen LogP contribution in [0.1, 0.15) is 40.0 Å². The van der Waals surface area contributed by atoms with E-state index in [1.54, 1.807) is 20.8 Å². The topological polar surface area (TPSA) is 72.9 Å². The van der Waals surface area contributed by atoms with Crippen LogP contribution in [0.2, 0.25) is 0 Å². The van der Waals surface area contributed by atoms with Crippen LogP contribution >= 0.6 is 0 Å². The number of nitrogens with zero attached hydrogens (tertiary/aromatic N) is 1. The van der Waals surface area contributed by atoms with Gasteiger partial charge in [-0.2, -0.15) is 22.0 Å². The van der Waals surface area contributed by atoms with Gasteiger partial charge in [0.15, 0.2) is 0 Å². The summed E-state index contributed by atoms with van der Waals surface area (Å²) in [4.78, 5) is 13.6. The minimum absolute atomic E-state index is 0.0305. The maximum Gasteiger partial charge on any atom is 0.453 e. The Balaban J connectivity index is 2.58. The molecule has 0 aromatic carbocycles. The molecule has 28 heavy (non-hydrogen) atoms. The molecule has 1 atom stereocenters. The van der Waals surface area contributed by atoms with Crippen LogP contribution in [0.3, 0.4) is 0 Å². The van der Waals surface area contributed by atoms with Crippen LogP contribution in [-0.2, 0) is 19.3 Å². The lowest BCUT2D eigenvalue weighted by atomic mass is 10.2. The normalized spacial score (nSPS) is 19.6. The molecule has 0 aromatic heterocycles. The number of amides is 1. The van der Waals surface area contributed by atoms with E-state index in [1.807, 2.05) is 0 Å². The molecule has 1 aliphatic rings. The zero-order valence-corrected chi connectivity index (χ0v) is 16.8. The van der Waals surface area contributed by atoms with Gasteiger partial charge in [-0.3, -0.25) is 0 Å². The highest BCUT2D eigenvalue weighted by Crippen LogP contribution is 2.38. The highest BCUT2D eigenvalue weighted by atomic mass is 32.2. The van der Waals surface area contributed by atoms with E-state index < -0.39 is 64.0 Å². The van der Waals surface area contributed by atoms with Crippen molar-refractivity contribution in [1.29, 1.82) is 0 Å². The van der Waals surface area contributed by atoms with Gasteiger partial charge in [0.1, 0.15) is 15.4 Å². The third-order valence-corrected chi connectivity index (χ3v) is 5.75. The number of alkyl halides is 5. The third kappa shape index (κ3) is 8.06. The van der Waals surface area contributed by atoms with Crippen LogP contribution in [0.4, 0.5) is 26.7 Å². The van der Waals surface area contributed by atoms with E-state index in [0.717, 1.165) is 0 Å². The Labute approximate surface area is 161 Å². The molecule has 1 saturated heterocycles. The first-order valence-corrected chi connectivity index (χ1v) is 10.6. The minimum Gasteiger partial charge on any atom is -0.444 e. The number of hydrogen-bond acceptors (Lipinski definition) is 5. The molecule has 0 aliphatic carbocycles. The van der Waals surface area contributed by atoms with Crippen LogP contribution in [0.15, 0.2) is 0 Å². The first kappa shape index (κ1) is 24.9. The molecule has 1 amide bonds. The number of halogens is 5. The van der Waals surface area contributed by atoms with Crippen LogP contribution in [0, 0.1) is 0 Å². The van der Waals surface area contributed by atoms with Gasteiger partial charge < -0.3 is 14.4 Å². The zero-order valence-electron chi connectivity index (χ0n) is 16.0. The van der Waals surface area contributed by atoms with Crippen molar-refractivity contribution in [3.8, 4) is 0 Å². The van der Waals surface area contributed by atoms with Gasteiger partial charge in [-0.15, -0.1) is 0 Å². The third-order valence-electron chi connectivity index (χ3n) is 3.98. The number of hydrogen-bond donors (Lipinski definition) is 0. The summed E-state index contributed by atoms with van der Waals surface area (Å²) in [6, 6.07) is -0.588. The van der Waals surface area contributed by atoms with Gasteiger partial charge in [-0.05, 0) is 33.6 Å². The molecular weight excluding hydrogens is 413 g/mol. The molecule has 1 heterocycles. The molecule has 0 bridgehead atoms. The van der Waals surface area contributed by atoms with Crippen molar-refractivity contribution in [2.45, 2.75) is 63.8 Å². The van der Waals surface area contributed by atoms with Crippen LogP contribution < -0.4 is 0 Å². The molecule has 1 aliphatic heterocycles. The second kappa shape index (κ2) is 9.10. The van der Waals surface area contributed by atoms with E-state index >= 15 is 0 Å². The first-order chi connectivity index (χ1) is 12.5. The summed E-state index contributed by atoms with van der Waals surface area (Å²) in [5, 5.41) is 0. The Hall–Kier alpha value is -1.17. The molecule has 12 heteroatoms. The van der Waals surface area contributed by atoms with Crippen molar-refractivity contribution in [3.05, 3.63) is 0 Å². The summed E-state index contributed by atoms with van der Waals surface area (Å²) >= 11 is 0. The van der Waals surface area contributed by atoms with Crippen molar-refractivity contribution in [2.24, 2.45) is 0 Å². The van der Waals surface area contributed by atoms with E-state index in [-0.39, 0.29) is 26.2 Å². The fourth-order valence-corrected chi connectivity index (χ4v) is 3.95. The Bertz CT molecular complexity index is 630. The quantitative estimate of drug-likeness (QED) is 0.569. The summed E-state index contributed by atoms with van der Waals surface area (Å²) in [7, 11) is -3.87. The molecule has 0 radical (unpaired) electrons. The zero-order chi connectivity index (χ0) is 21.8. The van der Waals surface area contributed by atoms with Gasteiger partial charge >= 0.3 is 18.2 Å². The Morgan fingerprint density at radius 1 is 1.14 bits per heavy atom. The number of ether oxygens (including phenoxy) is 2. The van der Waals surface area contributed by atoms with Crippen molar-refractivity contribution >= 4 is 15.9 Å². The summed E-state index contributed by atoms with van der Waals surface area (Å²) in [6.45, 7) is 5.60. The second-order valence-electron chi connectivity index (χ2n) is 7.65. The maximum atomic E-state index is 12.9. The highest BCUT2D eigenvalue weighted by molar-refractivity contribution is 7.91. The molecule has 0 aromatic rings. The highest BCUT2D eigenvalue weighted by Gasteiger charge is 2.56. The molecule has 1 fully saturated rings. The Morgan fingerprint density at radius 2 is 1.75 bits per heavy atom. The molecule has 0 spiro atoms. The standard InChI is InChI=1S/C16H26F5NO5S/c1-14(2,3)27-13(23)22-7-8-26-11-12(22)5-10-28(24,25)9-4-6-15(17,18)16(19,20)21/h12H,4-11H2,1-3H3/t12-/m1/s1. The lowest BCUT2D eigenvalue weighted by Crippen LogP contribution is -2.50. The van der Waals surface area contributed by atoms with Crippen molar-refractivity contribution in [1.82, 2.24) is 4.90 Å². The predicted octanol–water partition coefficient (Wildman–Crippen LogP) is 3.41. The Morgan fingerprint density at radius 3 is 2.29 bits per heavy atom. The van der Waals surface area contributed by atoms with E-state index in [2.05, 4.69) is 0 Å². The predicted molar refractivity (Wildman–Crippen MR) is 91.1 cm³/mol. The summed E-state index contributed by atoms with van der Waals surface area (Å²) in [6.07, 6.45) is -8.76. The smallest absolute Gasteiger partial charge is 0.444 e. The number of sulfone groups is 1. The average Bonchev–Trinajstić information content (AvgIpc) is 2.50. The lowest BCUT2D eigenvalue weighted by molar-refractivity contribution is -0.284. The largest absolute Gasteiger partial charge is 0.453 e. The van der Waals surface area contributed by atoms with Crippen LogP contribution in [-0.4, -0.2) is 74.4 Å². The van der Waals surface area contributed by atoms with E-state index in [9.17, 15) is 35.2 Å². The molecule has 0 unspecified atom stereocenters. The summed E-state index contributed by atoms with van der Waals surface area (Å²) < 4.78 is 96.6. The minimum atomic E-state index is -5.70. The lowest BCUT2D eigenvalue weighted by Gasteiger charge is -2.36. The van der Waals surface area contributed by atoms with Gasteiger partial charge in [0.25, 0.3) is 0 Å². The number of carbonyl (C=O) groups excluding carboxylic acids is 1. The van der Waals surface area contributed by atoms with E-state index in [1.165, 1.54) is 4.90 Å². The summed E-state index contributed by atoms with van der Waals surface area (Å²) in [5.41, 5.74) is -0.740. The SMILES string of the molecule is CC(C)(C)OC(=O)N1CCOC[C@H]1CCS(=O)(=O)CCCC(F)(F)C(F)(F)F. The van der Waals surface area contributed by atoms with Crippen molar-refractivity contribution in [2.75, 3.05) is 31.3 Å². The van der Waals surface area contributed by atoms with Crippen molar-refractivity contribution in [3.63, 3.8) is 0 Å². The Kier molecular flexibility index (Phi) is 8.08. The number of rotatable bonds is 7. The second-order valence-corrected chi connectivity index (χ2v) is 9.95. The molecular formula is C16H26F5NO5S. The van der Waals surface area contributed by atoms with E-state index in [0.29, 0.717) is 0 Å². The number of morpholine rings is 1. The number of carbonyl (C=O) groups is 1. The maximum absolute atomic E-state index is 12.9. The van der Waals surface area contributed by atoms with Gasteiger partial charge in [0.05, 0.1) is 30.8 Å². The molecule has 166 valence electrons. The fraction of sp³-hybridized carbons (Fsp3) is 0.938.